The number of amides is 1. The molecule has 0 atom stereocenters. The minimum atomic E-state index is -0.280. The van der Waals surface area contributed by atoms with Gasteiger partial charge in [-0.3, -0.25) is 4.79 Å². The van der Waals surface area contributed by atoms with E-state index in [-0.39, 0.29) is 5.91 Å². The predicted molar refractivity (Wildman–Crippen MR) is 98.2 cm³/mol. The van der Waals surface area contributed by atoms with E-state index in [2.05, 4.69) is 20.6 Å². The molecule has 0 spiro atoms. The molecule has 1 amide bonds. The highest BCUT2D eigenvalue weighted by Gasteiger charge is 2.16. The van der Waals surface area contributed by atoms with Gasteiger partial charge in [-0.1, -0.05) is 25.3 Å². The van der Waals surface area contributed by atoms with Crippen molar-refractivity contribution >= 4 is 17.4 Å². The first-order valence-corrected chi connectivity index (χ1v) is 8.70. The van der Waals surface area contributed by atoms with E-state index in [1.807, 2.05) is 25.1 Å². The second kappa shape index (κ2) is 7.96. The molecule has 1 fully saturated rings. The summed E-state index contributed by atoms with van der Waals surface area (Å²) in [4.78, 5) is 20.9. The van der Waals surface area contributed by atoms with Gasteiger partial charge in [0.05, 0.1) is 12.8 Å². The number of ether oxygens (including phenoxy) is 1. The Morgan fingerprint density at radius 2 is 1.96 bits per heavy atom. The van der Waals surface area contributed by atoms with Crippen molar-refractivity contribution in [3.8, 4) is 5.75 Å². The van der Waals surface area contributed by atoms with Crippen LogP contribution in [-0.2, 0) is 0 Å². The maximum absolute atomic E-state index is 12.6. The van der Waals surface area contributed by atoms with Gasteiger partial charge in [-0.25, -0.2) is 9.97 Å². The fourth-order valence-corrected chi connectivity index (χ4v) is 3.12. The number of aromatic nitrogens is 2. The molecule has 0 saturated heterocycles. The standard InChI is InChI=1S/C19H24N4O2/c1-13-8-9-17(25-2)15(10-13)23-19(24)16-11-18(21-12-20-16)22-14-6-4-3-5-7-14/h8-12,14H,3-7H2,1-2H3,(H,23,24)(H,20,21,22). The first-order chi connectivity index (χ1) is 12.2. The minimum absolute atomic E-state index is 0.280. The molecule has 1 aromatic heterocycles. The van der Waals surface area contributed by atoms with Crippen LogP contribution >= 0.6 is 0 Å². The molecular weight excluding hydrogens is 316 g/mol. The average Bonchev–Trinajstić information content (AvgIpc) is 2.63. The number of carbonyl (C=O) groups excluding carboxylic acids is 1. The third-order valence-electron chi connectivity index (χ3n) is 4.46. The molecule has 2 N–H and O–H groups in total. The second-order valence-electron chi connectivity index (χ2n) is 6.43. The smallest absolute Gasteiger partial charge is 0.274 e. The third-order valence-corrected chi connectivity index (χ3v) is 4.46. The Labute approximate surface area is 148 Å². The van der Waals surface area contributed by atoms with Crippen molar-refractivity contribution in [2.75, 3.05) is 17.7 Å². The molecule has 6 heteroatoms. The quantitative estimate of drug-likeness (QED) is 0.866. The zero-order valence-electron chi connectivity index (χ0n) is 14.7. The molecule has 0 radical (unpaired) electrons. The summed E-state index contributed by atoms with van der Waals surface area (Å²) in [7, 11) is 1.58. The second-order valence-corrected chi connectivity index (χ2v) is 6.43. The number of anilines is 2. The van der Waals surface area contributed by atoms with Crippen LogP contribution in [0.5, 0.6) is 5.75 Å². The first-order valence-electron chi connectivity index (χ1n) is 8.70. The first kappa shape index (κ1) is 17.2. The minimum Gasteiger partial charge on any atom is -0.495 e. The number of aryl methyl sites for hydroxylation is 1. The van der Waals surface area contributed by atoms with Crippen LogP contribution in [0.3, 0.4) is 0 Å². The molecule has 0 aliphatic heterocycles. The lowest BCUT2D eigenvalue weighted by atomic mass is 9.95. The number of hydrogen-bond acceptors (Lipinski definition) is 5. The normalized spacial score (nSPS) is 14.8. The van der Waals surface area contributed by atoms with E-state index in [0.29, 0.717) is 29.0 Å². The van der Waals surface area contributed by atoms with Gasteiger partial charge < -0.3 is 15.4 Å². The fourth-order valence-electron chi connectivity index (χ4n) is 3.12. The third kappa shape index (κ3) is 4.47. The van der Waals surface area contributed by atoms with E-state index < -0.39 is 0 Å². The molecule has 1 heterocycles. The van der Waals surface area contributed by atoms with E-state index >= 15 is 0 Å². The summed E-state index contributed by atoms with van der Waals surface area (Å²) in [6.07, 6.45) is 7.49. The van der Waals surface area contributed by atoms with Crippen molar-refractivity contribution in [3.05, 3.63) is 41.9 Å². The predicted octanol–water partition coefficient (Wildman–Crippen LogP) is 3.79. The molecule has 1 aliphatic rings. The summed E-state index contributed by atoms with van der Waals surface area (Å²) in [6.45, 7) is 1.96. The van der Waals surface area contributed by atoms with Gasteiger partial charge in [0.15, 0.2) is 0 Å². The van der Waals surface area contributed by atoms with Crippen LogP contribution in [0.4, 0.5) is 11.5 Å². The topological polar surface area (TPSA) is 76.1 Å². The summed E-state index contributed by atoms with van der Waals surface area (Å²) >= 11 is 0. The fraction of sp³-hybridized carbons (Fsp3) is 0.421. The molecule has 0 bridgehead atoms. The van der Waals surface area contributed by atoms with E-state index in [1.165, 1.54) is 25.6 Å². The van der Waals surface area contributed by atoms with Gasteiger partial charge in [0.2, 0.25) is 0 Å². The largest absolute Gasteiger partial charge is 0.495 e. The van der Waals surface area contributed by atoms with Gasteiger partial charge in [0.1, 0.15) is 23.6 Å². The Balaban J connectivity index is 1.72. The van der Waals surface area contributed by atoms with Crippen LogP contribution in [0.25, 0.3) is 0 Å². The summed E-state index contributed by atoms with van der Waals surface area (Å²) in [5.74, 6) is 1.04. The molecule has 3 rings (SSSR count). The lowest BCUT2D eigenvalue weighted by Crippen LogP contribution is -2.23. The van der Waals surface area contributed by atoms with E-state index in [4.69, 9.17) is 4.74 Å². The Morgan fingerprint density at radius 1 is 1.16 bits per heavy atom. The van der Waals surface area contributed by atoms with Crippen molar-refractivity contribution in [2.45, 2.75) is 45.1 Å². The molecule has 2 aromatic rings. The zero-order valence-corrected chi connectivity index (χ0v) is 14.7. The van der Waals surface area contributed by atoms with Crippen LogP contribution in [-0.4, -0.2) is 29.0 Å². The van der Waals surface area contributed by atoms with E-state index in [0.717, 1.165) is 18.4 Å². The number of carbonyl (C=O) groups is 1. The maximum atomic E-state index is 12.6. The SMILES string of the molecule is COc1ccc(C)cc1NC(=O)c1cc(NC2CCCCC2)ncn1. The number of hydrogen-bond donors (Lipinski definition) is 2. The van der Waals surface area contributed by atoms with Crippen molar-refractivity contribution in [3.63, 3.8) is 0 Å². The van der Waals surface area contributed by atoms with Crippen LogP contribution < -0.4 is 15.4 Å². The van der Waals surface area contributed by atoms with Crippen molar-refractivity contribution in [1.29, 1.82) is 0 Å². The van der Waals surface area contributed by atoms with Gasteiger partial charge in [0.25, 0.3) is 5.91 Å². The Hall–Kier alpha value is -2.63. The van der Waals surface area contributed by atoms with Gasteiger partial charge in [-0.15, -0.1) is 0 Å². The van der Waals surface area contributed by atoms with Gasteiger partial charge in [0, 0.05) is 12.1 Å². The van der Waals surface area contributed by atoms with Gasteiger partial charge >= 0.3 is 0 Å². The lowest BCUT2D eigenvalue weighted by molar-refractivity contribution is 0.102. The van der Waals surface area contributed by atoms with Crippen LogP contribution in [0.15, 0.2) is 30.6 Å². The zero-order chi connectivity index (χ0) is 17.6. The summed E-state index contributed by atoms with van der Waals surface area (Å²) in [5.41, 5.74) is 2.00. The van der Waals surface area contributed by atoms with Gasteiger partial charge in [-0.05, 0) is 37.5 Å². The van der Waals surface area contributed by atoms with Crippen molar-refractivity contribution in [1.82, 2.24) is 9.97 Å². The Bertz CT molecular complexity index is 742. The molecule has 132 valence electrons. The number of nitrogens with one attached hydrogen (secondary N) is 2. The molecule has 6 nitrogen and oxygen atoms in total. The Kier molecular flexibility index (Phi) is 5.48. The van der Waals surface area contributed by atoms with E-state index in [1.54, 1.807) is 13.2 Å². The summed E-state index contributed by atoms with van der Waals surface area (Å²) in [5, 5.41) is 6.28. The maximum Gasteiger partial charge on any atom is 0.274 e. The van der Waals surface area contributed by atoms with Gasteiger partial charge in [-0.2, -0.15) is 0 Å². The Morgan fingerprint density at radius 3 is 2.72 bits per heavy atom. The van der Waals surface area contributed by atoms with E-state index in [9.17, 15) is 4.79 Å². The number of rotatable bonds is 5. The monoisotopic (exact) mass is 340 g/mol. The highest BCUT2D eigenvalue weighted by atomic mass is 16.5. The summed E-state index contributed by atoms with van der Waals surface area (Å²) < 4.78 is 5.30. The molecular formula is C19H24N4O2. The number of benzene rings is 1. The molecule has 1 saturated carbocycles. The van der Waals surface area contributed by atoms with Crippen LogP contribution in [0, 0.1) is 6.92 Å². The molecule has 1 aromatic carbocycles. The van der Waals surface area contributed by atoms with Crippen LogP contribution in [0.1, 0.15) is 48.2 Å². The lowest BCUT2D eigenvalue weighted by Gasteiger charge is -2.23. The van der Waals surface area contributed by atoms with Crippen LogP contribution in [0.2, 0.25) is 0 Å². The average molecular weight is 340 g/mol. The molecule has 0 unspecified atom stereocenters. The highest BCUT2D eigenvalue weighted by molar-refractivity contribution is 6.04. The van der Waals surface area contributed by atoms with Crippen molar-refractivity contribution < 1.29 is 9.53 Å². The summed E-state index contributed by atoms with van der Waals surface area (Å²) in [6, 6.07) is 7.77. The molecule has 25 heavy (non-hydrogen) atoms. The highest BCUT2D eigenvalue weighted by Crippen LogP contribution is 2.26. The number of nitrogens with zero attached hydrogens (tertiary/aromatic N) is 2. The van der Waals surface area contributed by atoms with Crippen molar-refractivity contribution in [2.24, 2.45) is 0 Å². The molecule has 1 aliphatic carbocycles. The number of methoxy groups -OCH3 is 1.